The minimum Gasteiger partial charge on any atom is -0.481 e. The molecule has 0 aromatic carbocycles. The molecule has 2 N–H and O–H groups in total. The number of nitrogens with zero attached hydrogens (tertiary/aromatic N) is 2. The first-order valence-electron chi connectivity index (χ1n) is 7.76. The van der Waals surface area contributed by atoms with Gasteiger partial charge in [0.25, 0.3) is 0 Å². The first-order chi connectivity index (χ1) is 9.75. The Kier molecular flexibility index (Phi) is 6.45. The van der Waals surface area contributed by atoms with E-state index in [1.165, 1.54) is 0 Å². The highest BCUT2D eigenvalue weighted by Crippen LogP contribution is 2.15. The summed E-state index contributed by atoms with van der Waals surface area (Å²) in [7, 11) is 0. The van der Waals surface area contributed by atoms with E-state index >= 15 is 0 Å². The molecule has 0 aromatic heterocycles. The van der Waals surface area contributed by atoms with Gasteiger partial charge in [-0.2, -0.15) is 0 Å². The molecule has 0 radical (unpaired) electrons. The van der Waals surface area contributed by atoms with Crippen molar-refractivity contribution >= 4 is 12.0 Å². The van der Waals surface area contributed by atoms with Gasteiger partial charge in [0.2, 0.25) is 0 Å². The molecule has 0 bridgehead atoms. The molecular formula is C15H29N3O3. The molecule has 1 atom stereocenters. The van der Waals surface area contributed by atoms with E-state index < -0.39 is 11.9 Å². The summed E-state index contributed by atoms with van der Waals surface area (Å²) in [5.74, 6) is -1.33. The fourth-order valence-corrected chi connectivity index (χ4v) is 2.56. The number of carbonyl (C=O) groups is 2. The summed E-state index contributed by atoms with van der Waals surface area (Å²) in [6.07, 6.45) is 1.39. The Hall–Kier alpha value is -1.30. The highest BCUT2D eigenvalue weighted by Gasteiger charge is 2.28. The summed E-state index contributed by atoms with van der Waals surface area (Å²) in [6, 6.07) is -0.147. The first-order valence-corrected chi connectivity index (χ1v) is 7.76. The summed E-state index contributed by atoms with van der Waals surface area (Å²) in [4.78, 5) is 27.3. The van der Waals surface area contributed by atoms with E-state index in [9.17, 15) is 9.59 Å². The summed E-state index contributed by atoms with van der Waals surface area (Å²) < 4.78 is 0. The summed E-state index contributed by atoms with van der Waals surface area (Å²) in [5, 5.41) is 11.8. The molecule has 1 unspecified atom stereocenters. The van der Waals surface area contributed by atoms with Crippen molar-refractivity contribution in [1.82, 2.24) is 15.1 Å². The number of carboxylic acid groups (broad SMARTS) is 1. The molecule has 1 rings (SSSR count). The Morgan fingerprint density at radius 1 is 1.19 bits per heavy atom. The molecule has 1 aliphatic heterocycles. The molecule has 6 heteroatoms. The van der Waals surface area contributed by atoms with Gasteiger partial charge in [0, 0.05) is 38.3 Å². The van der Waals surface area contributed by atoms with E-state index in [1.807, 2.05) is 6.92 Å². The number of rotatable bonds is 5. The quantitative estimate of drug-likeness (QED) is 0.809. The van der Waals surface area contributed by atoms with Gasteiger partial charge in [-0.15, -0.1) is 0 Å². The zero-order valence-corrected chi connectivity index (χ0v) is 13.7. The molecule has 0 spiro atoms. The SMILES string of the molecule is CCCC(CNC(=O)N1CCN(C(C)(C)C)CC1)C(=O)O. The van der Waals surface area contributed by atoms with Crippen molar-refractivity contribution < 1.29 is 14.7 Å². The van der Waals surface area contributed by atoms with E-state index in [-0.39, 0.29) is 18.1 Å². The lowest BCUT2D eigenvalue weighted by atomic mass is 10.0. The zero-order chi connectivity index (χ0) is 16.0. The third-order valence-corrected chi connectivity index (χ3v) is 4.00. The molecule has 122 valence electrons. The number of piperazine rings is 1. The second-order valence-corrected chi connectivity index (χ2v) is 6.65. The van der Waals surface area contributed by atoms with Gasteiger partial charge in [-0.05, 0) is 27.2 Å². The third kappa shape index (κ3) is 5.53. The molecule has 1 saturated heterocycles. The molecule has 1 fully saturated rings. The molecule has 0 aromatic rings. The van der Waals surface area contributed by atoms with E-state index in [0.717, 1.165) is 19.5 Å². The van der Waals surface area contributed by atoms with Crippen LogP contribution in [0.25, 0.3) is 0 Å². The first kappa shape index (κ1) is 17.8. The fourth-order valence-electron chi connectivity index (χ4n) is 2.56. The van der Waals surface area contributed by atoms with Gasteiger partial charge >= 0.3 is 12.0 Å². The van der Waals surface area contributed by atoms with E-state index in [0.29, 0.717) is 19.5 Å². The number of amides is 2. The van der Waals surface area contributed by atoms with Crippen LogP contribution < -0.4 is 5.32 Å². The van der Waals surface area contributed by atoms with Crippen molar-refractivity contribution in [2.45, 2.75) is 46.1 Å². The number of aliphatic carboxylic acids is 1. The normalized spacial score (nSPS) is 18.4. The second-order valence-electron chi connectivity index (χ2n) is 6.65. The van der Waals surface area contributed by atoms with Gasteiger partial charge in [0.15, 0.2) is 0 Å². The Bertz CT molecular complexity index is 358. The highest BCUT2D eigenvalue weighted by molar-refractivity contribution is 5.76. The number of carboxylic acids is 1. The predicted octanol–water partition coefficient (Wildman–Crippen LogP) is 1.61. The molecule has 21 heavy (non-hydrogen) atoms. The van der Waals surface area contributed by atoms with Crippen molar-refractivity contribution in [2.24, 2.45) is 5.92 Å². The monoisotopic (exact) mass is 299 g/mol. The van der Waals surface area contributed by atoms with E-state index in [2.05, 4.69) is 31.0 Å². The van der Waals surface area contributed by atoms with Crippen LogP contribution in [0.2, 0.25) is 0 Å². The van der Waals surface area contributed by atoms with Gasteiger partial charge in [-0.25, -0.2) is 4.79 Å². The van der Waals surface area contributed by atoms with Gasteiger partial charge in [-0.1, -0.05) is 13.3 Å². The van der Waals surface area contributed by atoms with Crippen LogP contribution in [0.3, 0.4) is 0 Å². The second kappa shape index (κ2) is 7.64. The molecule has 1 aliphatic rings. The van der Waals surface area contributed by atoms with Gasteiger partial charge < -0.3 is 15.3 Å². The lowest BCUT2D eigenvalue weighted by molar-refractivity contribution is -0.141. The third-order valence-electron chi connectivity index (χ3n) is 4.00. The van der Waals surface area contributed by atoms with Crippen LogP contribution in [-0.2, 0) is 4.79 Å². The van der Waals surface area contributed by atoms with Crippen molar-refractivity contribution in [2.75, 3.05) is 32.7 Å². The van der Waals surface area contributed by atoms with Crippen LogP contribution in [0.5, 0.6) is 0 Å². The molecular weight excluding hydrogens is 270 g/mol. The van der Waals surface area contributed by atoms with E-state index in [1.54, 1.807) is 4.90 Å². The zero-order valence-electron chi connectivity index (χ0n) is 13.7. The summed E-state index contributed by atoms with van der Waals surface area (Å²) >= 11 is 0. The average Bonchev–Trinajstić information content (AvgIpc) is 2.42. The van der Waals surface area contributed by atoms with Crippen LogP contribution in [0.15, 0.2) is 0 Å². The predicted molar refractivity (Wildman–Crippen MR) is 82.3 cm³/mol. The maximum atomic E-state index is 12.1. The summed E-state index contributed by atoms with van der Waals surface area (Å²) in [6.45, 7) is 11.8. The molecule has 2 amide bonds. The van der Waals surface area contributed by atoms with E-state index in [4.69, 9.17) is 5.11 Å². The van der Waals surface area contributed by atoms with Gasteiger partial charge in [-0.3, -0.25) is 9.69 Å². The smallest absolute Gasteiger partial charge is 0.317 e. The van der Waals surface area contributed by atoms with Gasteiger partial charge in [0.05, 0.1) is 5.92 Å². The van der Waals surface area contributed by atoms with Crippen LogP contribution in [-0.4, -0.2) is 65.2 Å². The highest BCUT2D eigenvalue weighted by atomic mass is 16.4. The van der Waals surface area contributed by atoms with Crippen LogP contribution in [0.1, 0.15) is 40.5 Å². The lowest BCUT2D eigenvalue weighted by Crippen LogP contribution is -2.56. The minimum absolute atomic E-state index is 0.123. The molecule has 0 aliphatic carbocycles. The van der Waals surface area contributed by atoms with Crippen LogP contribution >= 0.6 is 0 Å². The van der Waals surface area contributed by atoms with Gasteiger partial charge in [0.1, 0.15) is 0 Å². The van der Waals surface area contributed by atoms with Crippen LogP contribution in [0, 0.1) is 5.92 Å². The topological polar surface area (TPSA) is 72.9 Å². The maximum absolute atomic E-state index is 12.1. The molecule has 0 saturated carbocycles. The number of urea groups is 1. The number of hydrogen-bond donors (Lipinski definition) is 2. The largest absolute Gasteiger partial charge is 0.481 e. The van der Waals surface area contributed by atoms with Crippen molar-refractivity contribution in [1.29, 1.82) is 0 Å². The Balaban J connectivity index is 2.39. The maximum Gasteiger partial charge on any atom is 0.317 e. The van der Waals surface area contributed by atoms with Crippen molar-refractivity contribution in [3.63, 3.8) is 0 Å². The Labute approximate surface area is 127 Å². The Morgan fingerprint density at radius 2 is 1.76 bits per heavy atom. The summed E-state index contributed by atoms with van der Waals surface area (Å²) in [5.41, 5.74) is 0.123. The van der Waals surface area contributed by atoms with Crippen molar-refractivity contribution in [3.05, 3.63) is 0 Å². The lowest BCUT2D eigenvalue weighted by Gasteiger charge is -2.42. The number of hydrogen-bond acceptors (Lipinski definition) is 3. The van der Waals surface area contributed by atoms with Crippen molar-refractivity contribution in [3.8, 4) is 0 Å². The number of nitrogens with one attached hydrogen (secondary N) is 1. The minimum atomic E-state index is -0.838. The van der Waals surface area contributed by atoms with Crippen LogP contribution in [0.4, 0.5) is 4.79 Å². The number of carbonyl (C=O) groups excluding carboxylic acids is 1. The molecule has 1 heterocycles. The Morgan fingerprint density at radius 3 is 2.19 bits per heavy atom. The average molecular weight is 299 g/mol. The fraction of sp³-hybridized carbons (Fsp3) is 0.867. The standard InChI is InChI=1S/C15H29N3O3/c1-5-6-12(13(19)20)11-16-14(21)17-7-9-18(10-8-17)15(2,3)4/h12H,5-11H2,1-4H3,(H,16,21)(H,19,20). The molecule has 6 nitrogen and oxygen atoms in total.